The van der Waals surface area contributed by atoms with E-state index in [0.717, 1.165) is 19.5 Å². The van der Waals surface area contributed by atoms with Crippen LogP contribution >= 0.6 is 23.2 Å². The van der Waals surface area contributed by atoms with Crippen molar-refractivity contribution in [2.75, 3.05) is 13.1 Å². The molecule has 1 saturated heterocycles. The van der Waals surface area contributed by atoms with Crippen LogP contribution < -0.4 is 10.1 Å². The van der Waals surface area contributed by atoms with E-state index in [1.54, 1.807) is 18.2 Å². The second-order valence-electron chi connectivity index (χ2n) is 5.15. The molecule has 0 bridgehead atoms. The largest absolute Gasteiger partial charge is 0.488 e. The van der Waals surface area contributed by atoms with E-state index in [1.165, 1.54) is 0 Å². The fourth-order valence-corrected chi connectivity index (χ4v) is 2.77. The number of ether oxygens (including phenoxy) is 1. The van der Waals surface area contributed by atoms with E-state index in [9.17, 15) is 0 Å². The summed E-state index contributed by atoms with van der Waals surface area (Å²) in [5.41, 5.74) is 0. The Morgan fingerprint density at radius 1 is 1.33 bits per heavy atom. The van der Waals surface area contributed by atoms with Crippen LogP contribution in [0.25, 0.3) is 0 Å². The lowest BCUT2D eigenvalue weighted by molar-refractivity contribution is 0.0975. The smallest absolute Gasteiger partial charge is 0.139 e. The summed E-state index contributed by atoms with van der Waals surface area (Å²) in [5.74, 6) is 1.68. The molecule has 0 amide bonds. The molecular formula is C14H19Cl2NO. The fourth-order valence-electron chi connectivity index (χ4n) is 2.45. The highest BCUT2D eigenvalue weighted by atomic mass is 35.5. The summed E-state index contributed by atoms with van der Waals surface area (Å²) in [6, 6.07) is 5.35. The van der Waals surface area contributed by atoms with Crippen LogP contribution in [0.15, 0.2) is 18.2 Å². The molecule has 0 aliphatic carbocycles. The van der Waals surface area contributed by atoms with Gasteiger partial charge in [0.05, 0.1) is 5.02 Å². The zero-order valence-electron chi connectivity index (χ0n) is 10.7. The summed E-state index contributed by atoms with van der Waals surface area (Å²) < 4.78 is 6.12. The average molecular weight is 288 g/mol. The predicted molar refractivity (Wildman–Crippen MR) is 76.7 cm³/mol. The van der Waals surface area contributed by atoms with E-state index >= 15 is 0 Å². The van der Waals surface area contributed by atoms with Crippen LogP contribution in [0.2, 0.25) is 10.0 Å². The molecule has 0 unspecified atom stereocenters. The van der Waals surface area contributed by atoms with Gasteiger partial charge in [0.1, 0.15) is 11.9 Å². The highest BCUT2D eigenvalue weighted by molar-refractivity contribution is 6.34. The van der Waals surface area contributed by atoms with Gasteiger partial charge in [-0.3, -0.25) is 0 Å². The van der Waals surface area contributed by atoms with Crippen LogP contribution in [-0.4, -0.2) is 19.2 Å². The number of hydrogen-bond acceptors (Lipinski definition) is 2. The molecule has 0 spiro atoms. The van der Waals surface area contributed by atoms with Crippen LogP contribution in [0.3, 0.4) is 0 Å². The van der Waals surface area contributed by atoms with E-state index in [4.69, 9.17) is 27.9 Å². The van der Waals surface area contributed by atoms with Crippen molar-refractivity contribution in [3.8, 4) is 5.75 Å². The maximum Gasteiger partial charge on any atom is 0.139 e. The molecule has 18 heavy (non-hydrogen) atoms. The molecule has 1 aliphatic rings. The molecule has 0 radical (unpaired) electrons. The Balaban J connectivity index is 2.15. The Morgan fingerprint density at radius 2 is 2.11 bits per heavy atom. The average Bonchev–Trinajstić information content (AvgIpc) is 2.83. The number of hydrogen-bond donors (Lipinski definition) is 1. The number of benzene rings is 1. The Morgan fingerprint density at radius 3 is 2.72 bits per heavy atom. The number of halogens is 2. The SMILES string of the molecule is CC(C)[C@@H](Oc1cc(Cl)ccc1Cl)[C@H]1CCNC1. The molecular weight excluding hydrogens is 269 g/mol. The second-order valence-corrected chi connectivity index (χ2v) is 6.00. The van der Waals surface area contributed by atoms with Crippen molar-refractivity contribution in [1.82, 2.24) is 5.32 Å². The van der Waals surface area contributed by atoms with Crippen LogP contribution in [0.4, 0.5) is 0 Å². The van der Waals surface area contributed by atoms with Gasteiger partial charge in [-0.15, -0.1) is 0 Å². The van der Waals surface area contributed by atoms with Crippen molar-refractivity contribution in [2.45, 2.75) is 26.4 Å². The highest BCUT2D eigenvalue weighted by Gasteiger charge is 2.29. The first-order chi connectivity index (χ1) is 8.58. The van der Waals surface area contributed by atoms with Crippen molar-refractivity contribution in [3.63, 3.8) is 0 Å². The lowest BCUT2D eigenvalue weighted by Crippen LogP contribution is -2.33. The van der Waals surface area contributed by atoms with Gasteiger partial charge in [0.15, 0.2) is 0 Å². The van der Waals surface area contributed by atoms with Gasteiger partial charge in [-0.1, -0.05) is 37.0 Å². The van der Waals surface area contributed by atoms with Crippen molar-refractivity contribution >= 4 is 23.2 Å². The summed E-state index contributed by atoms with van der Waals surface area (Å²) in [6.07, 6.45) is 1.33. The first-order valence-electron chi connectivity index (χ1n) is 6.40. The standard InChI is InChI=1S/C14H19Cl2NO/c1-9(2)14(10-5-6-17-8-10)18-13-7-11(15)3-4-12(13)16/h3-4,7,9-10,14,17H,5-6,8H2,1-2H3/t10-,14+/m0/s1. The molecule has 1 aromatic carbocycles. The topological polar surface area (TPSA) is 21.3 Å². The summed E-state index contributed by atoms with van der Waals surface area (Å²) in [5, 5.41) is 4.66. The maximum absolute atomic E-state index is 6.15. The minimum Gasteiger partial charge on any atom is -0.488 e. The zero-order chi connectivity index (χ0) is 13.1. The van der Waals surface area contributed by atoms with Gasteiger partial charge in [-0.25, -0.2) is 0 Å². The van der Waals surface area contributed by atoms with Crippen LogP contribution in [0.1, 0.15) is 20.3 Å². The van der Waals surface area contributed by atoms with Crippen molar-refractivity contribution in [3.05, 3.63) is 28.2 Å². The van der Waals surface area contributed by atoms with Gasteiger partial charge in [-0.2, -0.15) is 0 Å². The van der Waals surface area contributed by atoms with Gasteiger partial charge in [0.2, 0.25) is 0 Å². The van der Waals surface area contributed by atoms with Crippen molar-refractivity contribution in [2.24, 2.45) is 11.8 Å². The Kier molecular flexibility index (Phi) is 4.77. The zero-order valence-corrected chi connectivity index (χ0v) is 12.3. The van der Waals surface area contributed by atoms with Gasteiger partial charge < -0.3 is 10.1 Å². The normalized spacial score (nSPS) is 21.3. The molecule has 0 aromatic heterocycles. The third kappa shape index (κ3) is 3.31. The summed E-state index contributed by atoms with van der Waals surface area (Å²) in [6.45, 7) is 6.45. The highest BCUT2D eigenvalue weighted by Crippen LogP contribution is 2.32. The molecule has 100 valence electrons. The molecule has 1 aromatic rings. The quantitative estimate of drug-likeness (QED) is 0.904. The first kappa shape index (κ1) is 14.0. The van der Waals surface area contributed by atoms with E-state index in [-0.39, 0.29) is 6.10 Å². The molecule has 0 saturated carbocycles. The van der Waals surface area contributed by atoms with Gasteiger partial charge in [0, 0.05) is 23.6 Å². The Bertz CT molecular complexity index is 403. The van der Waals surface area contributed by atoms with Gasteiger partial charge >= 0.3 is 0 Å². The van der Waals surface area contributed by atoms with Crippen LogP contribution in [0, 0.1) is 11.8 Å². The minimum absolute atomic E-state index is 0.177. The monoisotopic (exact) mass is 287 g/mol. The molecule has 1 heterocycles. The number of nitrogens with one attached hydrogen (secondary N) is 1. The summed E-state index contributed by atoms with van der Waals surface area (Å²) in [7, 11) is 0. The third-order valence-electron chi connectivity index (χ3n) is 3.38. The van der Waals surface area contributed by atoms with E-state index in [2.05, 4.69) is 19.2 Å². The Hall–Kier alpha value is -0.440. The van der Waals surface area contributed by atoms with Gasteiger partial charge in [0.25, 0.3) is 0 Å². The fraction of sp³-hybridized carbons (Fsp3) is 0.571. The van der Waals surface area contributed by atoms with Crippen molar-refractivity contribution in [1.29, 1.82) is 0 Å². The third-order valence-corrected chi connectivity index (χ3v) is 3.92. The summed E-state index contributed by atoms with van der Waals surface area (Å²) >= 11 is 12.1. The van der Waals surface area contributed by atoms with Crippen molar-refractivity contribution < 1.29 is 4.74 Å². The Labute approximate surface area is 119 Å². The van der Waals surface area contributed by atoms with E-state index in [1.807, 2.05) is 0 Å². The van der Waals surface area contributed by atoms with Crippen LogP contribution in [0.5, 0.6) is 5.75 Å². The molecule has 2 rings (SSSR count). The minimum atomic E-state index is 0.177. The summed E-state index contributed by atoms with van der Waals surface area (Å²) in [4.78, 5) is 0. The molecule has 4 heteroatoms. The lowest BCUT2D eigenvalue weighted by atomic mass is 9.92. The van der Waals surface area contributed by atoms with Gasteiger partial charge in [-0.05, 0) is 31.0 Å². The number of rotatable bonds is 4. The van der Waals surface area contributed by atoms with E-state index in [0.29, 0.717) is 27.6 Å². The predicted octanol–water partition coefficient (Wildman–Crippen LogP) is 4.01. The van der Waals surface area contributed by atoms with E-state index < -0.39 is 0 Å². The molecule has 1 N–H and O–H groups in total. The molecule has 2 atom stereocenters. The second kappa shape index (κ2) is 6.14. The molecule has 1 aliphatic heterocycles. The van der Waals surface area contributed by atoms with Crippen LogP contribution in [-0.2, 0) is 0 Å². The maximum atomic E-state index is 6.15. The lowest BCUT2D eigenvalue weighted by Gasteiger charge is -2.28. The molecule has 1 fully saturated rings. The molecule has 2 nitrogen and oxygen atoms in total. The first-order valence-corrected chi connectivity index (χ1v) is 7.16.